The van der Waals surface area contributed by atoms with E-state index in [4.69, 9.17) is 39.5 Å². The van der Waals surface area contributed by atoms with Crippen LogP contribution in [0.2, 0.25) is 15.1 Å². The van der Waals surface area contributed by atoms with Crippen molar-refractivity contribution < 1.29 is 9.53 Å². The Hall–Kier alpha value is -1.62. The van der Waals surface area contributed by atoms with Crippen LogP contribution in [0.3, 0.4) is 0 Å². The average Bonchev–Trinajstić information content (AvgIpc) is 2.63. The Balaban J connectivity index is 1.52. The van der Waals surface area contributed by atoms with Crippen LogP contribution in [0.25, 0.3) is 0 Å². The van der Waals surface area contributed by atoms with Crippen LogP contribution in [-0.2, 0) is 4.79 Å². The fourth-order valence-corrected chi connectivity index (χ4v) is 3.24. The molecular weight excluding hydrogens is 383 g/mol. The van der Waals surface area contributed by atoms with Gasteiger partial charge < -0.3 is 14.5 Å². The zero-order valence-corrected chi connectivity index (χ0v) is 15.7. The Morgan fingerprint density at radius 1 is 0.960 bits per heavy atom. The Morgan fingerprint density at radius 2 is 1.64 bits per heavy atom. The molecule has 0 aromatic heterocycles. The normalized spacial score (nSPS) is 14.5. The van der Waals surface area contributed by atoms with E-state index in [1.54, 1.807) is 35.2 Å². The summed E-state index contributed by atoms with van der Waals surface area (Å²) in [5.41, 5.74) is 0.902. The highest BCUT2D eigenvalue weighted by atomic mass is 35.5. The second-order valence-electron chi connectivity index (χ2n) is 5.68. The molecule has 3 rings (SSSR count). The molecule has 2 aromatic carbocycles. The first kappa shape index (κ1) is 18.2. The van der Waals surface area contributed by atoms with Crippen molar-refractivity contribution in [1.29, 1.82) is 0 Å². The molecule has 7 heteroatoms. The van der Waals surface area contributed by atoms with Gasteiger partial charge in [-0.15, -0.1) is 0 Å². The Kier molecular flexibility index (Phi) is 5.94. The van der Waals surface area contributed by atoms with Gasteiger partial charge in [0.15, 0.2) is 6.61 Å². The van der Waals surface area contributed by atoms with Crippen molar-refractivity contribution in [3.05, 3.63) is 57.5 Å². The number of carbonyl (C=O) groups is 1. The lowest BCUT2D eigenvalue weighted by atomic mass is 10.2. The Morgan fingerprint density at radius 3 is 2.32 bits per heavy atom. The maximum absolute atomic E-state index is 12.3. The number of piperazine rings is 1. The number of nitrogens with zero attached hydrogens (tertiary/aromatic N) is 2. The lowest BCUT2D eigenvalue weighted by Crippen LogP contribution is -2.50. The van der Waals surface area contributed by atoms with Crippen molar-refractivity contribution in [3.8, 4) is 5.75 Å². The molecule has 0 aliphatic carbocycles. The SMILES string of the molecule is O=C(COc1ccc(Cl)cc1)N1CCN(c2cccc(Cl)c2Cl)CC1. The molecule has 0 atom stereocenters. The van der Waals surface area contributed by atoms with Crippen molar-refractivity contribution >= 4 is 46.4 Å². The van der Waals surface area contributed by atoms with E-state index >= 15 is 0 Å². The highest BCUT2D eigenvalue weighted by molar-refractivity contribution is 6.43. The summed E-state index contributed by atoms with van der Waals surface area (Å²) < 4.78 is 5.52. The second-order valence-corrected chi connectivity index (χ2v) is 6.90. The molecule has 0 bridgehead atoms. The van der Waals surface area contributed by atoms with E-state index in [1.807, 2.05) is 12.1 Å². The van der Waals surface area contributed by atoms with Gasteiger partial charge in [-0.05, 0) is 36.4 Å². The lowest BCUT2D eigenvalue weighted by Gasteiger charge is -2.36. The van der Waals surface area contributed by atoms with E-state index in [1.165, 1.54) is 0 Å². The molecule has 1 heterocycles. The van der Waals surface area contributed by atoms with Gasteiger partial charge in [-0.2, -0.15) is 0 Å². The van der Waals surface area contributed by atoms with Crippen LogP contribution in [0.5, 0.6) is 5.75 Å². The molecular formula is C18H17Cl3N2O2. The van der Waals surface area contributed by atoms with Crippen LogP contribution in [0.4, 0.5) is 5.69 Å². The van der Waals surface area contributed by atoms with E-state index in [0.29, 0.717) is 47.0 Å². The molecule has 1 aliphatic rings. The van der Waals surface area contributed by atoms with Gasteiger partial charge in [-0.25, -0.2) is 0 Å². The largest absolute Gasteiger partial charge is 0.484 e. The predicted molar refractivity (Wildman–Crippen MR) is 102 cm³/mol. The third-order valence-electron chi connectivity index (χ3n) is 4.08. The van der Waals surface area contributed by atoms with Gasteiger partial charge in [0.05, 0.1) is 15.7 Å². The van der Waals surface area contributed by atoms with E-state index in [0.717, 1.165) is 5.69 Å². The molecule has 1 amide bonds. The van der Waals surface area contributed by atoms with E-state index in [9.17, 15) is 4.79 Å². The van der Waals surface area contributed by atoms with Crippen molar-refractivity contribution in [1.82, 2.24) is 4.90 Å². The predicted octanol–water partition coefficient (Wildman–Crippen LogP) is 4.37. The zero-order chi connectivity index (χ0) is 17.8. The van der Waals surface area contributed by atoms with E-state index in [2.05, 4.69) is 4.90 Å². The molecule has 25 heavy (non-hydrogen) atoms. The summed E-state index contributed by atoms with van der Waals surface area (Å²) in [4.78, 5) is 16.2. The van der Waals surface area contributed by atoms with Gasteiger partial charge in [0.2, 0.25) is 0 Å². The molecule has 132 valence electrons. The molecule has 1 aliphatic heterocycles. The number of amides is 1. The number of rotatable bonds is 4. The summed E-state index contributed by atoms with van der Waals surface area (Å²) in [5.74, 6) is 0.592. The van der Waals surface area contributed by atoms with Gasteiger partial charge in [0.1, 0.15) is 5.75 Å². The summed E-state index contributed by atoms with van der Waals surface area (Å²) in [6.45, 7) is 2.65. The fraction of sp³-hybridized carbons (Fsp3) is 0.278. The first-order valence-electron chi connectivity index (χ1n) is 7.89. The van der Waals surface area contributed by atoms with Crippen LogP contribution >= 0.6 is 34.8 Å². The molecule has 0 spiro atoms. The maximum Gasteiger partial charge on any atom is 0.260 e. The van der Waals surface area contributed by atoms with E-state index in [-0.39, 0.29) is 12.5 Å². The number of ether oxygens (including phenoxy) is 1. The van der Waals surface area contributed by atoms with E-state index < -0.39 is 0 Å². The van der Waals surface area contributed by atoms with Gasteiger partial charge in [0, 0.05) is 31.2 Å². The van der Waals surface area contributed by atoms with Crippen LogP contribution < -0.4 is 9.64 Å². The first-order valence-corrected chi connectivity index (χ1v) is 9.03. The van der Waals surface area contributed by atoms with Crippen LogP contribution in [-0.4, -0.2) is 43.6 Å². The molecule has 0 saturated carbocycles. The number of hydrogen-bond donors (Lipinski definition) is 0. The number of hydrogen-bond acceptors (Lipinski definition) is 3. The number of halogens is 3. The second kappa shape index (κ2) is 8.17. The average molecular weight is 400 g/mol. The molecule has 0 unspecified atom stereocenters. The molecule has 0 N–H and O–H groups in total. The first-order chi connectivity index (χ1) is 12.0. The molecule has 1 fully saturated rings. The van der Waals surface area contributed by atoms with Crippen molar-refractivity contribution in [2.75, 3.05) is 37.7 Å². The molecule has 2 aromatic rings. The van der Waals surface area contributed by atoms with Crippen LogP contribution in [0.15, 0.2) is 42.5 Å². The summed E-state index contributed by atoms with van der Waals surface area (Å²) in [6.07, 6.45) is 0. The van der Waals surface area contributed by atoms with Gasteiger partial charge in [0.25, 0.3) is 5.91 Å². The minimum atomic E-state index is -0.0354. The topological polar surface area (TPSA) is 32.8 Å². The molecule has 4 nitrogen and oxygen atoms in total. The van der Waals surface area contributed by atoms with Crippen LogP contribution in [0.1, 0.15) is 0 Å². The highest BCUT2D eigenvalue weighted by Crippen LogP contribution is 2.32. The minimum Gasteiger partial charge on any atom is -0.484 e. The summed E-state index contributed by atoms with van der Waals surface area (Å²) >= 11 is 18.2. The summed E-state index contributed by atoms with van der Waals surface area (Å²) in [5, 5.41) is 1.72. The Labute approximate surface area is 161 Å². The molecule has 1 saturated heterocycles. The third-order valence-corrected chi connectivity index (χ3v) is 5.14. The summed E-state index contributed by atoms with van der Waals surface area (Å²) in [7, 11) is 0. The number of benzene rings is 2. The van der Waals surface area contributed by atoms with Gasteiger partial charge in [-0.1, -0.05) is 40.9 Å². The maximum atomic E-state index is 12.3. The van der Waals surface area contributed by atoms with Crippen LogP contribution in [0, 0.1) is 0 Å². The van der Waals surface area contributed by atoms with Crippen molar-refractivity contribution in [2.45, 2.75) is 0 Å². The van der Waals surface area contributed by atoms with Crippen molar-refractivity contribution in [2.24, 2.45) is 0 Å². The smallest absolute Gasteiger partial charge is 0.260 e. The van der Waals surface area contributed by atoms with Gasteiger partial charge >= 0.3 is 0 Å². The number of carbonyl (C=O) groups excluding carboxylic acids is 1. The Bertz CT molecular complexity index is 744. The fourth-order valence-electron chi connectivity index (χ4n) is 2.70. The quantitative estimate of drug-likeness (QED) is 0.765. The lowest BCUT2D eigenvalue weighted by molar-refractivity contribution is -0.133. The number of anilines is 1. The third kappa shape index (κ3) is 4.51. The summed E-state index contributed by atoms with van der Waals surface area (Å²) in [6, 6.07) is 12.5. The standard InChI is InChI=1S/C18H17Cl3N2O2/c19-13-4-6-14(7-5-13)25-12-17(24)23-10-8-22(9-11-23)16-3-1-2-15(20)18(16)21/h1-7H,8-12H2. The van der Waals surface area contributed by atoms with Gasteiger partial charge in [-0.3, -0.25) is 4.79 Å². The van der Waals surface area contributed by atoms with Crippen molar-refractivity contribution in [3.63, 3.8) is 0 Å². The minimum absolute atomic E-state index is 0.0134. The zero-order valence-electron chi connectivity index (χ0n) is 13.4. The molecule has 0 radical (unpaired) electrons. The monoisotopic (exact) mass is 398 g/mol. The highest BCUT2D eigenvalue weighted by Gasteiger charge is 2.23.